The van der Waals surface area contributed by atoms with Gasteiger partial charge >= 0.3 is 0 Å². The van der Waals surface area contributed by atoms with Gasteiger partial charge in [-0.15, -0.1) is 0 Å². The summed E-state index contributed by atoms with van der Waals surface area (Å²) in [6.07, 6.45) is 1.41. The van der Waals surface area contributed by atoms with E-state index in [2.05, 4.69) is 15.6 Å². The molecule has 1 aromatic heterocycles. The number of carbonyl (C=O) groups is 3. The normalized spacial score (nSPS) is 12.5. The van der Waals surface area contributed by atoms with E-state index in [0.29, 0.717) is 33.7 Å². The number of ether oxygens (including phenoxy) is 1. The minimum Gasteiger partial charge on any atom is -0.439 e. The summed E-state index contributed by atoms with van der Waals surface area (Å²) in [5.41, 5.74) is 1.68. The Morgan fingerprint density at radius 3 is 2.59 bits per heavy atom. The molecule has 1 aliphatic heterocycles. The summed E-state index contributed by atoms with van der Waals surface area (Å²) in [7, 11) is 0. The van der Waals surface area contributed by atoms with Crippen LogP contribution in [-0.2, 0) is 14.4 Å². The highest BCUT2D eigenvalue weighted by molar-refractivity contribution is 6.30. The number of nitrogens with one attached hydrogen (secondary N) is 2. The molecule has 2 heterocycles. The molecule has 8 nitrogen and oxygen atoms in total. The molecule has 0 radical (unpaired) electrons. The Kier molecular flexibility index (Phi) is 6.32. The molecule has 0 saturated carbocycles. The maximum atomic E-state index is 12.6. The number of hydrogen-bond acceptors (Lipinski definition) is 5. The second-order valence-corrected chi connectivity index (χ2v) is 7.47. The van der Waals surface area contributed by atoms with Gasteiger partial charge in [-0.25, -0.2) is 4.98 Å². The summed E-state index contributed by atoms with van der Waals surface area (Å²) in [5, 5.41) is 6.04. The maximum absolute atomic E-state index is 12.6. The predicted octanol–water partition coefficient (Wildman–Crippen LogP) is 4.23. The van der Waals surface area contributed by atoms with E-state index >= 15 is 0 Å². The first-order valence-electron chi connectivity index (χ1n) is 9.86. The molecular weight excluding hydrogens is 432 g/mol. The molecule has 32 heavy (non-hydrogen) atoms. The van der Waals surface area contributed by atoms with Crippen LogP contribution in [0.15, 0.2) is 66.9 Å². The van der Waals surface area contributed by atoms with Crippen LogP contribution in [0.25, 0.3) is 0 Å². The Morgan fingerprint density at radius 2 is 1.84 bits per heavy atom. The van der Waals surface area contributed by atoms with Crippen molar-refractivity contribution in [3.63, 3.8) is 0 Å². The van der Waals surface area contributed by atoms with E-state index < -0.39 is 0 Å². The van der Waals surface area contributed by atoms with E-state index in [9.17, 15) is 14.4 Å². The zero-order chi connectivity index (χ0) is 22.5. The Balaban J connectivity index is 1.30. The molecule has 1 aliphatic rings. The number of carbonyl (C=O) groups excluding carboxylic acids is 3. The van der Waals surface area contributed by atoms with E-state index in [1.165, 1.54) is 11.1 Å². The molecule has 162 valence electrons. The number of para-hydroxylation sites is 2. The second kappa shape index (κ2) is 9.49. The van der Waals surface area contributed by atoms with Crippen LogP contribution < -0.4 is 20.3 Å². The van der Waals surface area contributed by atoms with Gasteiger partial charge in [-0.2, -0.15) is 0 Å². The molecule has 0 saturated heterocycles. The number of anilines is 3. The first kappa shape index (κ1) is 21.3. The van der Waals surface area contributed by atoms with Gasteiger partial charge in [0.15, 0.2) is 0 Å². The smallest absolute Gasteiger partial charge is 0.244 e. The Bertz CT molecular complexity index is 1150. The number of benzene rings is 2. The number of pyridine rings is 1. The van der Waals surface area contributed by atoms with Crippen molar-refractivity contribution in [3.8, 4) is 11.6 Å². The molecule has 3 amide bonds. The van der Waals surface area contributed by atoms with Crippen LogP contribution in [0.1, 0.15) is 12.8 Å². The number of fused-ring (bicyclic) bond motifs is 1. The lowest BCUT2D eigenvalue weighted by Gasteiger charge is -2.29. The Morgan fingerprint density at radius 1 is 1.06 bits per heavy atom. The van der Waals surface area contributed by atoms with Crippen LogP contribution in [0.3, 0.4) is 0 Å². The fraction of sp³-hybridized carbons (Fsp3) is 0.130. The third-order valence-corrected chi connectivity index (χ3v) is 4.95. The van der Waals surface area contributed by atoms with Crippen molar-refractivity contribution < 1.29 is 19.1 Å². The molecular formula is C23H19ClN4O4. The Hall–Kier alpha value is -3.91. The summed E-state index contributed by atoms with van der Waals surface area (Å²) >= 11 is 5.85. The second-order valence-electron chi connectivity index (χ2n) is 7.03. The summed E-state index contributed by atoms with van der Waals surface area (Å²) in [6.45, 7) is -0.0729. The highest BCUT2D eigenvalue weighted by Crippen LogP contribution is 2.29. The van der Waals surface area contributed by atoms with Crippen molar-refractivity contribution >= 4 is 46.4 Å². The van der Waals surface area contributed by atoms with Crippen molar-refractivity contribution in [3.05, 3.63) is 71.9 Å². The zero-order valence-corrected chi connectivity index (χ0v) is 17.6. The lowest BCUT2D eigenvalue weighted by Crippen LogP contribution is -2.42. The van der Waals surface area contributed by atoms with Gasteiger partial charge in [0.05, 0.1) is 23.3 Å². The summed E-state index contributed by atoms with van der Waals surface area (Å²) in [6, 6.07) is 17.2. The number of nitrogens with zero attached hydrogens (tertiary/aromatic N) is 2. The molecule has 9 heteroatoms. The van der Waals surface area contributed by atoms with Gasteiger partial charge in [-0.3, -0.25) is 14.4 Å². The van der Waals surface area contributed by atoms with Crippen molar-refractivity contribution in [1.29, 1.82) is 0 Å². The van der Waals surface area contributed by atoms with Crippen LogP contribution in [-0.4, -0.2) is 29.3 Å². The number of hydrogen-bond donors (Lipinski definition) is 2. The Labute approximate surface area is 189 Å². The first-order chi connectivity index (χ1) is 15.5. The standard InChI is InChI=1S/C23H19ClN4O4/c24-15-5-8-17(9-6-15)32-22-11-7-16(13-25-22)26-20(29)10-12-23(31)28-14-21(30)27-18-3-1-2-4-19(18)28/h1-9,11,13H,10,12,14H2,(H,26,29)(H,27,30). The van der Waals surface area contributed by atoms with Crippen molar-refractivity contribution in [2.24, 2.45) is 0 Å². The molecule has 0 aliphatic carbocycles. The van der Waals surface area contributed by atoms with E-state index in [1.54, 1.807) is 60.7 Å². The van der Waals surface area contributed by atoms with Gasteiger partial charge in [0.1, 0.15) is 12.3 Å². The third-order valence-electron chi connectivity index (χ3n) is 4.69. The van der Waals surface area contributed by atoms with Gasteiger partial charge in [-0.1, -0.05) is 23.7 Å². The van der Waals surface area contributed by atoms with E-state index in [1.807, 2.05) is 0 Å². The van der Waals surface area contributed by atoms with Gasteiger partial charge in [0.25, 0.3) is 0 Å². The molecule has 0 spiro atoms. The molecule has 3 aromatic rings. The molecule has 0 fully saturated rings. The van der Waals surface area contributed by atoms with Crippen LogP contribution in [0.5, 0.6) is 11.6 Å². The van der Waals surface area contributed by atoms with Crippen LogP contribution in [0.2, 0.25) is 5.02 Å². The van der Waals surface area contributed by atoms with Crippen LogP contribution in [0.4, 0.5) is 17.1 Å². The van der Waals surface area contributed by atoms with E-state index in [4.69, 9.17) is 16.3 Å². The van der Waals surface area contributed by atoms with Crippen LogP contribution >= 0.6 is 11.6 Å². The number of halogens is 1. The quantitative estimate of drug-likeness (QED) is 0.585. The average Bonchev–Trinajstić information content (AvgIpc) is 2.79. The lowest BCUT2D eigenvalue weighted by molar-refractivity contribution is -0.124. The zero-order valence-electron chi connectivity index (χ0n) is 16.9. The highest BCUT2D eigenvalue weighted by atomic mass is 35.5. The first-order valence-corrected chi connectivity index (χ1v) is 10.2. The third kappa shape index (κ3) is 5.22. The molecule has 0 unspecified atom stereocenters. The average molecular weight is 451 g/mol. The number of aromatic nitrogens is 1. The number of amides is 3. The van der Waals surface area contributed by atoms with Gasteiger partial charge in [0.2, 0.25) is 23.6 Å². The minimum atomic E-state index is -0.332. The van der Waals surface area contributed by atoms with Gasteiger partial charge in [-0.05, 0) is 42.5 Å². The molecule has 4 rings (SSSR count). The molecule has 2 N–H and O–H groups in total. The SMILES string of the molecule is O=C(CCC(=O)N1CC(=O)Nc2ccccc21)Nc1ccc(Oc2ccc(Cl)cc2)nc1. The summed E-state index contributed by atoms with van der Waals surface area (Å²) < 4.78 is 5.61. The molecule has 0 atom stereocenters. The van der Waals surface area contributed by atoms with Crippen molar-refractivity contribution in [2.75, 3.05) is 22.1 Å². The monoisotopic (exact) mass is 450 g/mol. The van der Waals surface area contributed by atoms with Gasteiger partial charge < -0.3 is 20.3 Å². The predicted molar refractivity (Wildman–Crippen MR) is 121 cm³/mol. The van der Waals surface area contributed by atoms with Crippen molar-refractivity contribution in [1.82, 2.24) is 4.98 Å². The summed E-state index contributed by atoms with van der Waals surface area (Å²) in [4.78, 5) is 42.3. The van der Waals surface area contributed by atoms with Crippen molar-refractivity contribution in [2.45, 2.75) is 12.8 Å². The number of rotatable bonds is 6. The molecule has 2 aromatic carbocycles. The topological polar surface area (TPSA) is 101 Å². The maximum Gasteiger partial charge on any atom is 0.244 e. The fourth-order valence-electron chi connectivity index (χ4n) is 3.17. The molecule has 0 bridgehead atoms. The van der Waals surface area contributed by atoms with Crippen LogP contribution in [0, 0.1) is 0 Å². The highest BCUT2D eigenvalue weighted by Gasteiger charge is 2.26. The van der Waals surface area contributed by atoms with Gasteiger partial charge in [0, 0.05) is 23.9 Å². The lowest BCUT2D eigenvalue weighted by atomic mass is 10.1. The van der Waals surface area contributed by atoms with E-state index in [0.717, 1.165) is 0 Å². The largest absolute Gasteiger partial charge is 0.439 e. The fourth-order valence-corrected chi connectivity index (χ4v) is 3.30. The summed E-state index contributed by atoms with van der Waals surface area (Å²) in [5.74, 6) is 0.0507. The minimum absolute atomic E-state index is 0.0256. The van der Waals surface area contributed by atoms with E-state index in [-0.39, 0.29) is 37.1 Å².